The molecule has 0 unspecified atom stereocenters. The Morgan fingerprint density at radius 3 is 2.07 bits per heavy atom. The quantitative estimate of drug-likeness (QED) is 0.212. The van der Waals surface area contributed by atoms with Crippen LogP contribution in [0, 0.1) is 6.92 Å². The summed E-state index contributed by atoms with van der Waals surface area (Å²) in [6.07, 6.45) is 5.33. The van der Waals surface area contributed by atoms with Crippen LogP contribution in [0.15, 0.2) is 71.6 Å². The van der Waals surface area contributed by atoms with Gasteiger partial charge in [0.05, 0.1) is 10.6 Å². The van der Waals surface area contributed by atoms with Crippen molar-refractivity contribution in [3.8, 4) is 0 Å². The van der Waals surface area contributed by atoms with E-state index in [2.05, 4.69) is 19.2 Å². The van der Waals surface area contributed by atoms with Gasteiger partial charge < -0.3 is 10.2 Å². The summed E-state index contributed by atoms with van der Waals surface area (Å²) in [4.78, 5) is 29.7. The van der Waals surface area contributed by atoms with Gasteiger partial charge in [-0.2, -0.15) is 0 Å². The number of halogens is 2. The standard InChI is InChI=1S/C35H43Cl2N3O4S/c1-5-33(35(42)38-27-10-7-6-8-11-27)39(22-30-31(36)12-9-13-32(30)37)34(41)23-40(28-18-16-26(17-19-28)24(2)3)45(43,44)29-20-14-25(4)15-21-29/h9,12-21,24,27,33H,5-8,10-11,22-23H2,1-4H3,(H,38,42)/t33-/m1/s1. The summed E-state index contributed by atoms with van der Waals surface area (Å²) in [5.41, 5.74) is 2.80. The molecule has 0 bridgehead atoms. The van der Waals surface area contributed by atoms with Gasteiger partial charge in [0.2, 0.25) is 11.8 Å². The molecule has 0 aromatic heterocycles. The molecule has 2 amide bonds. The number of hydrogen-bond acceptors (Lipinski definition) is 4. The first kappa shape index (κ1) is 34.8. The van der Waals surface area contributed by atoms with E-state index in [1.165, 1.54) is 4.90 Å². The molecule has 10 heteroatoms. The Balaban J connectivity index is 1.75. The van der Waals surface area contributed by atoms with Gasteiger partial charge in [0.15, 0.2) is 0 Å². The van der Waals surface area contributed by atoms with E-state index in [-0.39, 0.29) is 29.3 Å². The van der Waals surface area contributed by atoms with Crippen LogP contribution in [0.5, 0.6) is 0 Å². The van der Waals surface area contributed by atoms with Crippen LogP contribution in [0.2, 0.25) is 10.0 Å². The number of nitrogens with zero attached hydrogens (tertiary/aromatic N) is 2. The summed E-state index contributed by atoms with van der Waals surface area (Å²) in [7, 11) is -4.16. The zero-order valence-corrected chi connectivity index (χ0v) is 28.8. The highest BCUT2D eigenvalue weighted by atomic mass is 35.5. The average Bonchev–Trinajstić information content (AvgIpc) is 3.01. The Morgan fingerprint density at radius 2 is 1.51 bits per heavy atom. The third-order valence-corrected chi connectivity index (χ3v) is 11.0. The van der Waals surface area contributed by atoms with E-state index in [9.17, 15) is 18.0 Å². The highest BCUT2D eigenvalue weighted by Gasteiger charge is 2.35. The van der Waals surface area contributed by atoms with E-state index in [4.69, 9.17) is 23.2 Å². The van der Waals surface area contributed by atoms with Crippen LogP contribution in [-0.4, -0.2) is 43.8 Å². The fourth-order valence-electron chi connectivity index (χ4n) is 5.71. The molecule has 3 aromatic rings. The number of carbonyl (C=O) groups excluding carboxylic acids is 2. The predicted octanol–water partition coefficient (Wildman–Crippen LogP) is 7.88. The summed E-state index contributed by atoms with van der Waals surface area (Å²) in [5.74, 6) is -0.568. The summed E-state index contributed by atoms with van der Waals surface area (Å²) >= 11 is 13.1. The first-order valence-corrected chi connectivity index (χ1v) is 17.8. The Morgan fingerprint density at radius 1 is 0.911 bits per heavy atom. The minimum Gasteiger partial charge on any atom is -0.352 e. The van der Waals surface area contributed by atoms with Crippen LogP contribution in [0.25, 0.3) is 0 Å². The van der Waals surface area contributed by atoms with E-state index in [1.54, 1.807) is 54.6 Å². The summed E-state index contributed by atoms with van der Waals surface area (Å²) in [6, 6.07) is 18.0. The van der Waals surface area contributed by atoms with Crippen molar-refractivity contribution in [3.05, 3.63) is 93.5 Å². The van der Waals surface area contributed by atoms with Gasteiger partial charge in [0.25, 0.3) is 10.0 Å². The lowest BCUT2D eigenvalue weighted by atomic mass is 9.95. The molecule has 1 aliphatic carbocycles. The van der Waals surface area contributed by atoms with E-state index in [1.807, 2.05) is 26.0 Å². The number of amides is 2. The maximum absolute atomic E-state index is 14.4. The number of carbonyl (C=O) groups is 2. The zero-order chi connectivity index (χ0) is 32.7. The van der Waals surface area contributed by atoms with E-state index >= 15 is 0 Å². The molecule has 0 spiro atoms. The number of anilines is 1. The van der Waals surface area contributed by atoms with Crippen LogP contribution < -0.4 is 9.62 Å². The third-order valence-electron chi connectivity index (χ3n) is 8.46. The van der Waals surface area contributed by atoms with E-state index < -0.39 is 28.5 Å². The molecule has 4 rings (SSSR count). The summed E-state index contributed by atoms with van der Waals surface area (Å²) in [6.45, 7) is 7.25. The van der Waals surface area contributed by atoms with Crippen LogP contribution in [0.1, 0.15) is 81.9 Å². The predicted molar refractivity (Wildman–Crippen MR) is 182 cm³/mol. The van der Waals surface area contributed by atoms with Gasteiger partial charge in [0, 0.05) is 28.2 Å². The lowest BCUT2D eigenvalue weighted by Crippen LogP contribution is -2.54. The van der Waals surface area contributed by atoms with E-state index in [0.29, 0.717) is 27.7 Å². The number of sulfonamides is 1. The molecule has 0 radical (unpaired) electrons. The van der Waals surface area contributed by atoms with Gasteiger partial charge in [-0.1, -0.05) is 99.1 Å². The third kappa shape index (κ3) is 8.60. The number of nitrogens with one attached hydrogen (secondary N) is 1. The van der Waals surface area contributed by atoms with Crippen molar-refractivity contribution in [3.63, 3.8) is 0 Å². The fourth-order valence-corrected chi connectivity index (χ4v) is 7.64. The summed E-state index contributed by atoms with van der Waals surface area (Å²) < 4.78 is 29.4. The Labute approximate surface area is 278 Å². The molecular weight excluding hydrogens is 629 g/mol. The molecule has 3 aromatic carbocycles. The van der Waals surface area contributed by atoms with Crippen molar-refractivity contribution < 1.29 is 18.0 Å². The molecule has 0 aliphatic heterocycles. The van der Waals surface area contributed by atoms with Crippen molar-refractivity contribution in [2.75, 3.05) is 10.8 Å². The number of hydrogen-bond donors (Lipinski definition) is 1. The second kappa shape index (κ2) is 15.5. The number of aryl methyl sites for hydroxylation is 1. The van der Waals surface area contributed by atoms with Crippen molar-refractivity contribution in [2.45, 2.75) is 95.7 Å². The molecule has 45 heavy (non-hydrogen) atoms. The van der Waals surface area contributed by atoms with E-state index in [0.717, 1.165) is 47.5 Å². The van der Waals surface area contributed by atoms with Crippen LogP contribution >= 0.6 is 23.2 Å². The van der Waals surface area contributed by atoms with Gasteiger partial charge in [-0.3, -0.25) is 13.9 Å². The first-order chi connectivity index (χ1) is 21.4. The smallest absolute Gasteiger partial charge is 0.264 e. The van der Waals surface area contributed by atoms with Gasteiger partial charge in [-0.05, 0) is 74.1 Å². The molecule has 1 fully saturated rings. The lowest BCUT2D eigenvalue weighted by Gasteiger charge is -2.35. The Bertz CT molecular complexity index is 1550. The number of benzene rings is 3. The van der Waals surface area contributed by atoms with Gasteiger partial charge in [0.1, 0.15) is 12.6 Å². The van der Waals surface area contributed by atoms with Crippen LogP contribution in [0.4, 0.5) is 5.69 Å². The van der Waals surface area contributed by atoms with Crippen LogP contribution in [-0.2, 0) is 26.2 Å². The molecule has 1 N–H and O–H groups in total. The molecule has 242 valence electrons. The molecular formula is C35H43Cl2N3O4S. The van der Waals surface area contributed by atoms with Crippen molar-refractivity contribution in [1.29, 1.82) is 0 Å². The molecule has 1 aliphatic rings. The van der Waals surface area contributed by atoms with Crippen molar-refractivity contribution >= 4 is 50.7 Å². The van der Waals surface area contributed by atoms with Crippen molar-refractivity contribution in [1.82, 2.24) is 10.2 Å². The molecule has 1 saturated carbocycles. The second-order valence-corrected chi connectivity index (χ2v) is 14.7. The molecule has 0 heterocycles. The topological polar surface area (TPSA) is 86.8 Å². The summed E-state index contributed by atoms with van der Waals surface area (Å²) in [5, 5.41) is 3.87. The SMILES string of the molecule is CC[C@H](C(=O)NC1CCCCC1)N(Cc1c(Cl)cccc1Cl)C(=O)CN(c1ccc(C(C)C)cc1)S(=O)(=O)c1ccc(C)cc1. The number of rotatable bonds is 12. The maximum atomic E-state index is 14.4. The molecule has 0 saturated heterocycles. The second-order valence-electron chi connectivity index (χ2n) is 12.1. The minimum absolute atomic E-state index is 0.0408. The maximum Gasteiger partial charge on any atom is 0.264 e. The van der Waals surface area contributed by atoms with Gasteiger partial charge in [-0.15, -0.1) is 0 Å². The average molecular weight is 673 g/mol. The van der Waals surface area contributed by atoms with Gasteiger partial charge >= 0.3 is 0 Å². The molecule has 1 atom stereocenters. The fraction of sp³-hybridized carbons (Fsp3) is 0.429. The van der Waals surface area contributed by atoms with Crippen LogP contribution in [0.3, 0.4) is 0 Å². The first-order valence-electron chi connectivity index (χ1n) is 15.6. The highest BCUT2D eigenvalue weighted by Crippen LogP contribution is 2.30. The van der Waals surface area contributed by atoms with Gasteiger partial charge in [-0.25, -0.2) is 8.42 Å². The highest BCUT2D eigenvalue weighted by molar-refractivity contribution is 7.92. The minimum atomic E-state index is -4.16. The zero-order valence-electron chi connectivity index (χ0n) is 26.4. The Hall–Kier alpha value is -3.07. The lowest BCUT2D eigenvalue weighted by molar-refractivity contribution is -0.140. The van der Waals surface area contributed by atoms with Crippen molar-refractivity contribution in [2.24, 2.45) is 0 Å². The monoisotopic (exact) mass is 671 g/mol. The Kier molecular flexibility index (Phi) is 12.0. The molecule has 7 nitrogen and oxygen atoms in total. The largest absolute Gasteiger partial charge is 0.352 e. The normalized spacial score (nSPS) is 14.6.